The Bertz CT molecular complexity index is 253. The lowest BCUT2D eigenvalue weighted by atomic mass is 10.2. The Morgan fingerprint density at radius 3 is 2.12 bits per heavy atom. The summed E-state index contributed by atoms with van der Waals surface area (Å²) < 4.78 is 54.4. The van der Waals surface area contributed by atoms with Crippen molar-refractivity contribution in [1.29, 1.82) is 0 Å². The van der Waals surface area contributed by atoms with Crippen molar-refractivity contribution in [2.24, 2.45) is 0 Å². The van der Waals surface area contributed by atoms with Crippen LogP contribution in [-0.2, 0) is 4.74 Å². The molecule has 0 aliphatic heterocycles. The molecule has 7 heteroatoms. The molecule has 0 heterocycles. The Hall–Kier alpha value is -1.01. The van der Waals surface area contributed by atoms with Crippen LogP contribution in [-0.4, -0.2) is 49.0 Å². The van der Waals surface area contributed by atoms with Gasteiger partial charge in [0.15, 0.2) is 6.67 Å². The summed E-state index contributed by atoms with van der Waals surface area (Å²) in [5, 5.41) is 0. The maximum atomic E-state index is 12.8. The van der Waals surface area contributed by atoms with Crippen molar-refractivity contribution in [3.8, 4) is 0 Å². The minimum atomic E-state index is -3.69. The lowest BCUT2D eigenvalue weighted by Crippen LogP contribution is -2.45. The molecule has 0 radical (unpaired) electrons. The number of carbonyl (C=O) groups excluding carboxylic acids is 1. The van der Waals surface area contributed by atoms with Gasteiger partial charge in [-0.15, -0.1) is 0 Å². The van der Waals surface area contributed by atoms with Crippen molar-refractivity contribution >= 4 is 6.09 Å². The number of hydrogen-bond acceptors (Lipinski definition) is 2. The highest BCUT2D eigenvalue weighted by Crippen LogP contribution is 2.18. The summed E-state index contributed by atoms with van der Waals surface area (Å²) >= 11 is 0. The maximum absolute atomic E-state index is 12.8. The van der Waals surface area contributed by atoms with E-state index in [2.05, 4.69) is 0 Å². The van der Waals surface area contributed by atoms with E-state index in [1.165, 1.54) is 0 Å². The van der Waals surface area contributed by atoms with Crippen LogP contribution in [0.25, 0.3) is 0 Å². The predicted molar refractivity (Wildman–Crippen MR) is 54.7 cm³/mol. The summed E-state index contributed by atoms with van der Waals surface area (Å²) in [5.41, 5.74) is -0.878. The molecular weight excluding hydrogens is 242 g/mol. The van der Waals surface area contributed by atoms with Crippen LogP contribution >= 0.6 is 0 Å². The number of ether oxygens (including phenoxy) is 1. The molecule has 0 atom stereocenters. The molecule has 0 N–H and O–H groups in total. The second-order valence-corrected chi connectivity index (χ2v) is 4.58. The Kier molecular flexibility index (Phi) is 5.71. The van der Waals surface area contributed by atoms with Crippen LogP contribution in [0.4, 0.5) is 22.4 Å². The Morgan fingerprint density at radius 1 is 1.24 bits per heavy atom. The number of hydrogen-bond donors (Lipinski definition) is 0. The third-order valence-corrected chi connectivity index (χ3v) is 1.62. The van der Waals surface area contributed by atoms with Crippen LogP contribution in [0.1, 0.15) is 20.8 Å². The quantitative estimate of drug-likeness (QED) is 0.710. The van der Waals surface area contributed by atoms with E-state index in [1.54, 1.807) is 20.8 Å². The van der Waals surface area contributed by atoms with Gasteiger partial charge in [0.05, 0.1) is 13.1 Å². The van der Waals surface area contributed by atoms with E-state index < -0.39 is 44.1 Å². The topological polar surface area (TPSA) is 29.5 Å². The van der Waals surface area contributed by atoms with E-state index in [9.17, 15) is 22.4 Å². The molecule has 0 spiro atoms. The molecule has 0 aromatic heterocycles. The number of amides is 1. The first-order valence-corrected chi connectivity index (χ1v) is 5.09. The van der Waals surface area contributed by atoms with E-state index in [0.717, 1.165) is 0 Å². The molecule has 0 aliphatic carbocycles. The minimum absolute atomic E-state index is 0.463. The zero-order valence-electron chi connectivity index (χ0n) is 10.1. The fourth-order valence-electron chi connectivity index (χ4n) is 0.985. The van der Waals surface area contributed by atoms with Gasteiger partial charge in [-0.1, -0.05) is 0 Å². The molecule has 17 heavy (non-hydrogen) atoms. The van der Waals surface area contributed by atoms with Crippen LogP contribution < -0.4 is 0 Å². The molecular formula is C10H17F4NO2. The molecule has 1 amide bonds. The van der Waals surface area contributed by atoms with Gasteiger partial charge in [0.1, 0.15) is 12.3 Å². The molecule has 0 unspecified atom stereocenters. The molecule has 0 fully saturated rings. The average Bonchev–Trinajstić information content (AvgIpc) is 2.14. The highest BCUT2D eigenvalue weighted by atomic mass is 19.3. The lowest BCUT2D eigenvalue weighted by molar-refractivity contribution is -0.0569. The van der Waals surface area contributed by atoms with Gasteiger partial charge in [-0.25, -0.2) is 22.4 Å². The molecule has 0 rings (SSSR count). The van der Waals surface area contributed by atoms with Gasteiger partial charge in [-0.05, 0) is 20.8 Å². The summed E-state index contributed by atoms with van der Waals surface area (Å²) in [5.74, 6) is -3.69. The van der Waals surface area contributed by atoms with Gasteiger partial charge < -0.3 is 4.74 Å². The van der Waals surface area contributed by atoms with Crippen LogP contribution in [0.5, 0.6) is 0 Å². The monoisotopic (exact) mass is 259 g/mol. The molecule has 0 saturated heterocycles. The first-order valence-electron chi connectivity index (χ1n) is 5.09. The van der Waals surface area contributed by atoms with E-state index >= 15 is 0 Å². The summed E-state index contributed by atoms with van der Waals surface area (Å²) in [6.45, 7) is -0.00348. The first kappa shape index (κ1) is 16.0. The molecule has 0 aromatic carbocycles. The van der Waals surface area contributed by atoms with E-state index in [0.29, 0.717) is 4.90 Å². The zero-order chi connectivity index (χ0) is 13.7. The summed E-state index contributed by atoms with van der Waals surface area (Å²) in [6, 6.07) is 0. The largest absolute Gasteiger partial charge is 0.444 e. The number of carbonyl (C=O) groups is 1. The highest BCUT2D eigenvalue weighted by Gasteiger charge is 2.35. The molecule has 0 saturated carbocycles. The predicted octanol–water partition coefficient (Wildman–Crippen LogP) is 2.80. The third kappa shape index (κ3) is 7.01. The SMILES string of the molecule is CC(C)(C)OC(=O)N(CCF)CC(F)(F)CF. The van der Waals surface area contributed by atoms with Crippen molar-refractivity contribution in [2.45, 2.75) is 32.3 Å². The number of nitrogens with zero attached hydrogens (tertiary/aromatic N) is 1. The van der Waals surface area contributed by atoms with Gasteiger partial charge in [-0.3, -0.25) is 4.90 Å². The fraction of sp³-hybridized carbons (Fsp3) is 0.900. The van der Waals surface area contributed by atoms with E-state index in [1.807, 2.05) is 0 Å². The molecule has 102 valence electrons. The van der Waals surface area contributed by atoms with Crippen molar-refractivity contribution in [3.63, 3.8) is 0 Å². The standard InChI is InChI=1S/C10H17F4NO2/c1-9(2,3)17-8(16)15(5-4-11)7-10(13,14)6-12/h4-7H2,1-3H3. The molecule has 0 aliphatic rings. The van der Waals surface area contributed by atoms with Crippen LogP contribution in [0.3, 0.4) is 0 Å². The lowest BCUT2D eigenvalue weighted by Gasteiger charge is -2.28. The van der Waals surface area contributed by atoms with Crippen LogP contribution in [0.15, 0.2) is 0 Å². The third-order valence-electron chi connectivity index (χ3n) is 1.62. The van der Waals surface area contributed by atoms with Gasteiger partial charge >= 0.3 is 6.09 Å². The van der Waals surface area contributed by atoms with Crippen LogP contribution in [0, 0.1) is 0 Å². The van der Waals surface area contributed by atoms with E-state index in [-0.39, 0.29) is 0 Å². The van der Waals surface area contributed by atoms with Crippen molar-refractivity contribution < 1.29 is 27.1 Å². The number of alkyl halides is 4. The Labute approximate surface area is 97.7 Å². The fourth-order valence-corrected chi connectivity index (χ4v) is 0.985. The molecule has 0 bridgehead atoms. The van der Waals surface area contributed by atoms with Gasteiger partial charge in [0.25, 0.3) is 5.92 Å². The summed E-state index contributed by atoms with van der Waals surface area (Å²) in [7, 11) is 0. The second-order valence-electron chi connectivity index (χ2n) is 4.58. The molecule has 3 nitrogen and oxygen atoms in total. The van der Waals surface area contributed by atoms with E-state index in [4.69, 9.17) is 4.74 Å². The first-order chi connectivity index (χ1) is 7.61. The van der Waals surface area contributed by atoms with Gasteiger partial charge in [0, 0.05) is 0 Å². The number of halogens is 4. The Morgan fingerprint density at radius 2 is 1.76 bits per heavy atom. The normalized spacial score (nSPS) is 12.4. The van der Waals surface area contributed by atoms with Crippen molar-refractivity contribution in [1.82, 2.24) is 4.90 Å². The van der Waals surface area contributed by atoms with Crippen LogP contribution in [0.2, 0.25) is 0 Å². The smallest absolute Gasteiger partial charge is 0.410 e. The average molecular weight is 259 g/mol. The second kappa shape index (κ2) is 6.07. The Balaban J connectivity index is 4.57. The molecule has 0 aromatic rings. The minimum Gasteiger partial charge on any atom is -0.444 e. The van der Waals surface area contributed by atoms with Gasteiger partial charge in [0.2, 0.25) is 0 Å². The van der Waals surface area contributed by atoms with Gasteiger partial charge in [-0.2, -0.15) is 0 Å². The highest BCUT2D eigenvalue weighted by molar-refractivity contribution is 5.68. The zero-order valence-corrected chi connectivity index (χ0v) is 10.1. The summed E-state index contributed by atoms with van der Waals surface area (Å²) in [4.78, 5) is 11.9. The summed E-state index contributed by atoms with van der Waals surface area (Å²) in [6.07, 6.45) is -1.08. The van der Waals surface area contributed by atoms with Crippen molar-refractivity contribution in [2.75, 3.05) is 26.4 Å². The van der Waals surface area contributed by atoms with Crippen molar-refractivity contribution in [3.05, 3.63) is 0 Å². The maximum Gasteiger partial charge on any atom is 0.410 e. The number of rotatable bonds is 5.